The van der Waals surface area contributed by atoms with E-state index in [1.807, 2.05) is 49.6 Å². The second-order valence-corrected chi connectivity index (χ2v) is 6.17. The van der Waals surface area contributed by atoms with Crippen molar-refractivity contribution < 1.29 is 0 Å². The third-order valence-electron chi connectivity index (χ3n) is 4.46. The Morgan fingerprint density at radius 2 is 1.84 bits per heavy atom. The quantitative estimate of drug-likeness (QED) is 0.577. The lowest BCUT2D eigenvalue weighted by Gasteiger charge is -2.10. The van der Waals surface area contributed by atoms with Crippen LogP contribution in [0.25, 0.3) is 22.4 Å². The number of benzene rings is 2. The molecule has 124 valence electrons. The van der Waals surface area contributed by atoms with Crippen molar-refractivity contribution in [2.24, 2.45) is 0 Å². The molecule has 0 spiro atoms. The van der Waals surface area contributed by atoms with Crippen molar-refractivity contribution in [2.45, 2.75) is 13.3 Å². The van der Waals surface area contributed by atoms with Crippen LogP contribution < -0.4 is 5.32 Å². The van der Waals surface area contributed by atoms with Crippen LogP contribution in [0.4, 0.5) is 5.69 Å². The molecule has 0 fully saturated rings. The first-order valence-electron chi connectivity index (χ1n) is 8.41. The summed E-state index contributed by atoms with van der Waals surface area (Å²) in [6.45, 7) is 2.11. The van der Waals surface area contributed by atoms with Gasteiger partial charge in [0.1, 0.15) is 0 Å². The number of H-pyrrole nitrogens is 1. The summed E-state index contributed by atoms with van der Waals surface area (Å²) in [4.78, 5) is 12.8. The summed E-state index contributed by atoms with van der Waals surface area (Å²) in [7, 11) is 1.95. The SMILES string of the molecule is CNc1cc(Cc2nc(-c3ccccc3)nc3cc[nH]c23)ccc1C. The molecule has 2 N–H and O–H groups in total. The van der Waals surface area contributed by atoms with Crippen LogP contribution in [0.3, 0.4) is 0 Å². The zero-order chi connectivity index (χ0) is 17.2. The predicted molar refractivity (Wildman–Crippen MR) is 103 cm³/mol. The first kappa shape index (κ1) is 15.4. The zero-order valence-corrected chi connectivity index (χ0v) is 14.4. The molecule has 4 nitrogen and oxygen atoms in total. The molecular weight excluding hydrogens is 308 g/mol. The summed E-state index contributed by atoms with van der Waals surface area (Å²) in [6.07, 6.45) is 2.68. The van der Waals surface area contributed by atoms with Crippen LogP contribution in [0.15, 0.2) is 60.8 Å². The lowest BCUT2D eigenvalue weighted by atomic mass is 10.0. The summed E-state index contributed by atoms with van der Waals surface area (Å²) in [5.74, 6) is 0.767. The van der Waals surface area contributed by atoms with Gasteiger partial charge in [0.2, 0.25) is 0 Å². The molecule has 0 radical (unpaired) electrons. The number of aromatic amines is 1. The maximum absolute atomic E-state index is 4.85. The van der Waals surface area contributed by atoms with Gasteiger partial charge in [-0.05, 0) is 30.2 Å². The third kappa shape index (κ3) is 2.98. The van der Waals surface area contributed by atoms with E-state index in [0.717, 1.165) is 40.2 Å². The molecule has 4 aromatic rings. The molecule has 4 heteroatoms. The maximum Gasteiger partial charge on any atom is 0.160 e. The minimum Gasteiger partial charge on any atom is -0.388 e. The van der Waals surface area contributed by atoms with E-state index in [2.05, 4.69) is 35.4 Å². The van der Waals surface area contributed by atoms with Gasteiger partial charge in [-0.15, -0.1) is 0 Å². The summed E-state index contributed by atoms with van der Waals surface area (Å²) in [5, 5.41) is 3.25. The number of nitrogens with zero attached hydrogens (tertiary/aromatic N) is 2. The second kappa shape index (κ2) is 6.40. The van der Waals surface area contributed by atoms with Crippen LogP contribution >= 0.6 is 0 Å². The van der Waals surface area contributed by atoms with Crippen molar-refractivity contribution in [1.29, 1.82) is 0 Å². The molecular formula is C21H20N4. The van der Waals surface area contributed by atoms with Gasteiger partial charge >= 0.3 is 0 Å². The van der Waals surface area contributed by atoms with Gasteiger partial charge in [0.05, 0.1) is 16.7 Å². The maximum atomic E-state index is 4.85. The van der Waals surface area contributed by atoms with Crippen LogP contribution in [-0.2, 0) is 6.42 Å². The fraction of sp³-hybridized carbons (Fsp3) is 0.143. The number of hydrogen-bond acceptors (Lipinski definition) is 3. The van der Waals surface area contributed by atoms with Crippen LogP contribution in [-0.4, -0.2) is 22.0 Å². The Balaban J connectivity index is 1.80. The summed E-state index contributed by atoms with van der Waals surface area (Å²) >= 11 is 0. The summed E-state index contributed by atoms with van der Waals surface area (Å²) in [6, 6.07) is 18.6. The third-order valence-corrected chi connectivity index (χ3v) is 4.46. The molecule has 2 aromatic heterocycles. The Hall–Kier alpha value is -3.14. The highest BCUT2D eigenvalue weighted by molar-refractivity contribution is 5.80. The second-order valence-electron chi connectivity index (χ2n) is 6.17. The molecule has 2 heterocycles. The average Bonchev–Trinajstić information content (AvgIpc) is 3.13. The number of hydrogen-bond donors (Lipinski definition) is 2. The van der Waals surface area contributed by atoms with Crippen molar-refractivity contribution in [3.63, 3.8) is 0 Å². The smallest absolute Gasteiger partial charge is 0.160 e. The van der Waals surface area contributed by atoms with Crippen LogP contribution in [0.5, 0.6) is 0 Å². The minimum absolute atomic E-state index is 0.758. The highest BCUT2D eigenvalue weighted by Crippen LogP contribution is 2.24. The molecule has 0 aliphatic carbocycles. The monoisotopic (exact) mass is 328 g/mol. The van der Waals surface area contributed by atoms with Gasteiger partial charge in [0.15, 0.2) is 5.82 Å². The topological polar surface area (TPSA) is 53.6 Å². The number of aryl methyl sites for hydroxylation is 1. The molecule has 2 aromatic carbocycles. The van der Waals surface area contributed by atoms with E-state index in [1.54, 1.807) is 0 Å². The molecule has 0 saturated carbocycles. The van der Waals surface area contributed by atoms with Gasteiger partial charge in [0, 0.05) is 30.9 Å². The number of aromatic nitrogens is 3. The number of rotatable bonds is 4. The van der Waals surface area contributed by atoms with E-state index in [-0.39, 0.29) is 0 Å². The minimum atomic E-state index is 0.758. The number of anilines is 1. The standard InChI is InChI=1S/C21H20N4/c1-14-8-9-15(12-18(14)22-2)13-19-20-17(10-11-23-20)24-21(25-19)16-6-4-3-5-7-16/h3-12,22-23H,13H2,1-2H3. The molecule has 4 rings (SSSR count). The largest absolute Gasteiger partial charge is 0.388 e. The number of nitrogens with one attached hydrogen (secondary N) is 2. The van der Waals surface area contributed by atoms with Gasteiger partial charge in [-0.3, -0.25) is 0 Å². The Labute approximate surface area is 147 Å². The molecule has 0 aliphatic rings. The van der Waals surface area contributed by atoms with Crippen molar-refractivity contribution in [2.75, 3.05) is 12.4 Å². The van der Waals surface area contributed by atoms with Crippen molar-refractivity contribution >= 4 is 16.7 Å². The van der Waals surface area contributed by atoms with Gasteiger partial charge < -0.3 is 10.3 Å². The van der Waals surface area contributed by atoms with Gasteiger partial charge in [-0.1, -0.05) is 42.5 Å². The summed E-state index contributed by atoms with van der Waals surface area (Å²) in [5.41, 5.74) is 7.62. The van der Waals surface area contributed by atoms with Crippen LogP contribution in [0.2, 0.25) is 0 Å². The Bertz CT molecular complexity index is 1020. The van der Waals surface area contributed by atoms with E-state index in [0.29, 0.717) is 0 Å². The molecule has 0 saturated heterocycles. The highest BCUT2D eigenvalue weighted by Gasteiger charge is 2.11. The van der Waals surface area contributed by atoms with Crippen molar-refractivity contribution in [3.8, 4) is 11.4 Å². The van der Waals surface area contributed by atoms with E-state index in [4.69, 9.17) is 9.97 Å². The average molecular weight is 328 g/mol. The van der Waals surface area contributed by atoms with E-state index in [9.17, 15) is 0 Å². The lowest BCUT2D eigenvalue weighted by molar-refractivity contribution is 1.06. The Morgan fingerprint density at radius 3 is 2.64 bits per heavy atom. The van der Waals surface area contributed by atoms with E-state index in [1.165, 1.54) is 11.1 Å². The van der Waals surface area contributed by atoms with Crippen LogP contribution in [0, 0.1) is 6.92 Å². The van der Waals surface area contributed by atoms with E-state index >= 15 is 0 Å². The van der Waals surface area contributed by atoms with Crippen molar-refractivity contribution in [3.05, 3.63) is 77.6 Å². The molecule has 0 unspecified atom stereocenters. The fourth-order valence-corrected chi connectivity index (χ4v) is 3.09. The lowest BCUT2D eigenvalue weighted by Crippen LogP contribution is -2.00. The van der Waals surface area contributed by atoms with E-state index < -0.39 is 0 Å². The zero-order valence-electron chi connectivity index (χ0n) is 14.4. The first-order valence-corrected chi connectivity index (χ1v) is 8.41. The molecule has 0 aliphatic heterocycles. The molecule has 25 heavy (non-hydrogen) atoms. The summed E-state index contributed by atoms with van der Waals surface area (Å²) < 4.78 is 0. The number of fused-ring (bicyclic) bond motifs is 1. The van der Waals surface area contributed by atoms with Crippen LogP contribution in [0.1, 0.15) is 16.8 Å². The predicted octanol–water partition coefficient (Wildman–Crippen LogP) is 4.57. The molecule has 0 atom stereocenters. The Morgan fingerprint density at radius 1 is 1.00 bits per heavy atom. The van der Waals surface area contributed by atoms with Gasteiger partial charge in [-0.2, -0.15) is 0 Å². The van der Waals surface area contributed by atoms with Gasteiger partial charge in [0.25, 0.3) is 0 Å². The van der Waals surface area contributed by atoms with Crippen molar-refractivity contribution in [1.82, 2.24) is 15.0 Å². The fourth-order valence-electron chi connectivity index (χ4n) is 3.09. The Kier molecular flexibility index (Phi) is 3.94. The normalized spacial score (nSPS) is 11.0. The first-order chi connectivity index (χ1) is 12.2. The molecule has 0 bridgehead atoms. The highest BCUT2D eigenvalue weighted by atomic mass is 14.9. The van der Waals surface area contributed by atoms with Gasteiger partial charge in [-0.25, -0.2) is 9.97 Å². The molecule has 0 amide bonds.